The van der Waals surface area contributed by atoms with Gasteiger partial charge in [-0.05, 0) is 24.1 Å². The summed E-state index contributed by atoms with van der Waals surface area (Å²) in [4.78, 5) is 2.43. The molecule has 1 saturated heterocycles. The standard InChI is InChI=1S/C14H22N2/c1-11(2)12-4-6-13(7-5-12)14-10-15-8-9-16(14)3/h4-7,11,14-15H,8-10H2,1-3H3. The minimum atomic E-state index is 0.537. The molecule has 1 unspecified atom stereocenters. The van der Waals surface area contributed by atoms with Crippen molar-refractivity contribution < 1.29 is 0 Å². The van der Waals surface area contributed by atoms with Gasteiger partial charge in [0.25, 0.3) is 0 Å². The number of hydrogen-bond donors (Lipinski definition) is 1. The monoisotopic (exact) mass is 218 g/mol. The Morgan fingerprint density at radius 3 is 2.50 bits per heavy atom. The van der Waals surface area contributed by atoms with Crippen molar-refractivity contribution in [2.24, 2.45) is 0 Å². The van der Waals surface area contributed by atoms with Crippen molar-refractivity contribution in [3.05, 3.63) is 35.4 Å². The van der Waals surface area contributed by atoms with E-state index >= 15 is 0 Å². The van der Waals surface area contributed by atoms with E-state index in [0.717, 1.165) is 19.6 Å². The predicted octanol–water partition coefficient (Wildman–Crippen LogP) is 2.39. The maximum atomic E-state index is 3.46. The lowest BCUT2D eigenvalue weighted by atomic mass is 9.98. The molecule has 1 aromatic rings. The maximum absolute atomic E-state index is 3.46. The summed E-state index contributed by atoms with van der Waals surface area (Å²) in [7, 11) is 2.21. The number of piperazine rings is 1. The molecule has 1 heterocycles. The highest BCUT2D eigenvalue weighted by Gasteiger charge is 2.19. The lowest BCUT2D eigenvalue weighted by Gasteiger charge is -2.33. The summed E-state index contributed by atoms with van der Waals surface area (Å²) >= 11 is 0. The van der Waals surface area contributed by atoms with Gasteiger partial charge in [-0.25, -0.2) is 0 Å². The fourth-order valence-electron chi connectivity index (χ4n) is 2.28. The van der Waals surface area contributed by atoms with Gasteiger partial charge in [-0.15, -0.1) is 0 Å². The molecule has 1 aliphatic rings. The summed E-state index contributed by atoms with van der Waals surface area (Å²) in [5.41, 5.74) is 2.86. The Hall–Kier alpha value is -0.860. The van der Waals surface area contributed by atoms with Gasteiger partial charge in [0.2, 0.25) is 0 Å². The van der Waals surface area contributed by atoms with Crippen LogP contribution in [0.1, 0.15) is 36.9 Å². The molecule has 1 fully saturated rings. The van der Waals surface area contributed by atoms with Crippen LogP contribution >= 0.6 is 0 Å². The highest BCUT2D eigenvalue weighted by molar-refractivity contribution is 5.27. The Labute approximate surface area is 98.7 Å². The third-order valence-electron chi connectivity index (χ3n) is 3.50. The van der Waals surface area contributed by atoms with Crippen LogP contribution in [0.25, 0.3) is 0 Å². The van der Waals surface area contributed by atoms with Gasteiger partial charge in [0.15, 0.2) is 0 Å². The fraction of sp³-hybridized carbons (Fsp3) is 0.571. The number of benzene rings is 1. The SMILES string of the molecule is CC(C)c1ccc(C2CNCCN2C)cc1. The summed E-state index contributed by atoms with van der Waals surface area (Å²) in [6.07, 6.45) is 0. The fourth-order valence-corrected chi connectivity index (χ4v) is 2.28. The summed E-state index contributed by atoms with van der Waals surface area (Å²) < 4.78 is 0. The number of rotatable bonds is 2. The third kappa shape index (κ3) is 2.45. The van der Waals surface area contributed by atoms with Gasteiger partial charge in [0.1, 0.15) is 0 Å². The van der Waals surface area contributed by atoms with Crippen LogP contribution in [0.4, 0.5) is 0 Å². The van der Waals surface area contributed by atoms with E-state index < -0.39 is 0 Å². The van der Waals surface area contributed by atoms with E-state index in [1.54, 1.807) is 0 Å². The van der Waals surface area contributed by atoms with Crippen molar-refractivity contribution in [3.63, 3.8) is 0 Å². The zero-order valence-corrected chi connectivity index (χ0v) is 10.5. The number of nitrogens with zero attached hydrogens (tertiary/aromatic N) is 1. The molecule has 0 aliphatic carbocycles. The Bertz CT molecular complexity index is 329. The average Bonchev–Trinajstić information content (AvgIpc) is 2.30. The molecule has 0 amide bonds. The molecule has 0 radical (unpaired) electrons. The Morgan fingerprint density at radius 2 is 1.94 bits per heavy atom. The summed E-state index contributed by atoms with van der Waals surface area (Å²) in [5.74, 6) is 0.622. The number of hydrogen-bond acceptors (Lipinski definition) is 2. The molecule has 1 aromatic carbocycles. The molecular weight excluding hydrogens is 196 g/mol. The zero-order chi connectivity index (χ0) is 11.5. The van der Waals surface area contributed by atoms with E-state index in [-0.39, 0.29) is 0 Å². The molecule has 2 heteroatoms. The third-order valence-corrected chi connectivity index (χ3v) is 3.50. The first-order valence-corrected chi connectivity index (χ1v) is 6.19. The van der Waals surface area contributed by atoms with E-state index in [1.165, 1.54) is 11.1 Å². The molecule has 1 atom stereocenters. The number of nitrogens with one attached hydrogen (secondary N) is 1. The minimum absolute atomic E-state index is 0.537. The molecule has 0 spiro atoms. The molecule has 2 rings (SSSR count). The summed E-state index contributed by atoms with van der Waals surface area (Å²) in [6, 6.07) is 9.63. The second-order valence-corrected chi connectivity index (χ2v) is 5.02. The van der Waals surface area contributed by atoms with E-state index in [4.69, 9.17) is 0 Å². The van der Waals surface area contributed by atoms with Crippen LogP contribution < -0.4 is 5.32 Å². The van der Waals surface area contributed by atoms with E-state index in [2.05, 4.69) is 55.4 Å². The summed E-state index contributed by atoms with van der Waals surface area (Å²) in [5, 5.41) is 3.46. The average molecular weight is 218 g/mol. The van der Waals surface area contributed by atoms with Gasteiger partial charge in [-0.3, -0.25) is 4.90 Å². The van der Waals surface area contributed by atoms with E-state index in [1.807, 2.05) is 0 Å². The molecule has 1 aliphatic heterocycles. The van der Waals surface area contributed by atoms with Crippen LogP contribution in [0.5, 0.6) is 0 Å². The molecule has 88 valence electrons. The van der Waals surface area contributed by atoms with Gasteiger partial charge in [-0.2, -0.15) is 0 Å². The Kier molecular flexibility index (Phi) is 3.62. The van der Waals surface area contributed by atoms with Crippen LogP contribution in [-0.4, -0.2) is 31.6 Å². The second-order valence-electron chi connectivity index (χ2n) is 5.02. The highest BCUT2D eigenvalue weighted by Crippen LogP contribution is 2.23. The first-order chi connectivity index (χ1) is 7.68. The van der Waals surface area contributed by atoms with Crippen molar-refractivity contribution in [3.8, 4) is 0 Å². The molecular formula is C14H22N2. The summed E-state index contributed by atoms with van der Waals surface area (Å²) in [6.45, 7) is 7.79. The van der Waals surface area contributed by atoms with Gasteiger partial charge in [-0.1, -0.05) is 38.1 Å². The molecule has 16 heavy (non-hydrogen) atoms. The quantitative estimate of drug-likeness (QED) is 0.820. The molecule has 0 aromatic heterocycles. The Morgan fingerprint density at radius 1 is 1.25 bits per heavy atom. The highest BCUT2D eigenvalue weighted by atomic mass is 15.2. The molecule has 1 N–H and O–H groups in total. The van der Waals surface area contributed by atoms with Crippen molar-refractivity contribution in [2.45, 2.75) is 25.8 Å². The molecule has 0 saturated carbocycles. The van der Waals surface area contributed by atoms with Gasteiger partial charge in [0, 0.05) is 25.7 Å². The van der Waals surface area contributed by atoms with E-state index in [9.17, 15) is 0 Å². The van der Waals surface area contributed by atoms with Gasteiger partial charge < -0.3 is 5.32 Å². The first kappa shape index (κ1) is 11.6. The minimum Gasteiger partial charge on any atom is -0.314 e. The van der Waals surface area contributed by atoms with Gasteiger partial charge >= 0.3 is 0 Å². The topological polar surface area (TPSA) is 15.3 Å². The van der Waals surface area contributed by atoms with Crippen molar-refractivity contribution in [1.82, 2.24) is 10.2 Å². The lowest BCUT2D eigenvalue weighted by Crippen LogP contribution is -2.43. The van der Waals surface area contributed by atoms with Crippen LogP contribution in [0.15, 0.2) is 24.3 Å². The van der Waals surface area contributed by atoms with Crippen LogP contribution in [0.3, 0.4) is 0 Å². The van der Waals surface area contributed by atoms with E-state index in [0.29, 0.717) is 12.0 Å². The second kappa shape index (κ2) is 4.98. The smallest absolute Gasteiger partial charge is 0.0470 e. The largest absolute Gasteiger partial charge is 0.314 e. The Balaban J connectivity index is 2.14. The van der Waals surface area contributed by atoms with Crippen LogP contribution in [0, 0.1) is 0 Å². The van der Waals surface area contributed by atoms with Gasteiger partial charge in [0.05, 0.1) is 0 Å². The first-order valence-electron chi connectivity index (χ1n) is 6.19. The van der Waals surface area contributed by atoms with Crippen molar-refractivity contribution >= 4 is 0 Å². The number of likely N-dealkylation sites (N-methyl/N-ethyl adjacent to an activating group) is 1. The molecule has 2 nitrogen and oxygen atoms in total. The molecule has 0 bridgehead atoms. The predicted molar refractivity (Wildman–Crippen MR) is 68.8 cm³/mol. The van der Waals surface area contributed by atoms with Crippen molar-refractivity contribution in [1.29, 1.82) is 0 Å². The van der Waals surface area contributed by atoms with Crippen LogP contribution in [-0.2, 0) is 0 Å². The zero-order valence-electron chi connectivity index (χ0n) is 10.5. The normalized spacial score (nSPS) is 22.6. The lowest BCUT2D eigenvalue weighted by molar-refractivity contribution is 0.202. The van der Waals surface area contributed by atoms with Crippen molar-refractivity contribution in [2.75, 3.05) is 26.7 Å². The van der Waals surface area contributed by atoms with Crippen LogP contribution in [0.2, 0.25) is 0 Å². The maximum Gasteiger partial charge on any atom is 0.0470 e.